The summed E-state index contributed by atoms with van der Waals surface area (Å²) in [6.07, 6.45) is 0. The highest BCUT2D eigenvalue weighted by atomic mass is 35.5. The van der Waals surface area contributed by atoms with Crippen molar-refractivity contribution in [1.29, 1.82) is 0 Å². The van der Waals surface area contributed by atoms with Gasteiger partial charge in [-0.1, -0.05) is 65.7 Å². The van der Waals surface area contributed by atoms with E-state index in [1.54, 1.807) is 53.2 Å². The molecule has 6 nitrogen and oxygen atoms in total. The number of aliphatic imine (C=N–C) groups is 1. The maximum atomic E-state index is 13.9. The summed E-state index contributed by atoms with van der Waals surface area (Å²) in [7, 11) is -3.91. The lowest BCUT2D eigenvalue weighted by molar-refractivity contribution is 0.345. The molecule has 0 atom stereocenters. The molecule has 0 aliphatic carbocycles. The van der Waals surface area contributed by atoms with E-state index >= 15 is 0 Å². The van der Waals surface area contributed by atoms with E-state index in [2.05, 4.69) is 4.99 Å². The van der Waals surface area contributed by atoms with Crippen molar-refractivity contribution in [3.05, 3.63) is 88.9 Å². The van der Waals surface area contributed by atoms with Crippen molar-refractivity contribution in [3.63, 3.8) is 0 Å². The fraction of sp³-hybridized carbons (Fsp3) is 0.120. The second-order valence-corrected chi connectivity index (χ2v) is 10.5. The highest BCUT2D eigenvalue weighted by molar-refractivity contribution is 7.92. The number of benzene rings is 3. The number of rotatable bonds is 6. The standard InChI is InChI=1S/C25H19Cl2N3O3S/c26-19-10-6-17(7-11-19)23-25(34(31,32)16-22-28-14-15-33-22)24(18-8-12-20(27)13-9-18)30(29-23)21-4-2-1-3-5-21/h1-13H,14-16H2. The molecule has 1 aliphatic rings. The van der Waals surface area contributed by atoms with Gasteiger partial charge in [0.25, 0.3) is 0 Å². The van der Waals surface area contributed by atoms with Gasteiger partial charge in [-0.05, 0) is 36.4 Å². The van der Waals surface area contributed by atoms with Crippen LogP contribution < -0.4 is 0 Å². The van der Waals surface area contributed by atoms with Crippen molar-refractivity contribution in [1.82, 2.24) is 9.78 Å². The Labute approximate surface area is 207 Å². The van der Waals surface area contributed by atoms with Gasteiger partial charge in [-0.3, -0.25) is 4.99 Å². The van der Waals surface area contributed by atoms with E-state index in [9.17, 15) is 8.42 Å². The Morgan fingerprint density at radius 2 is 1.47 bits per heavy atom. The summed E-state index contributed by atoms with van der Waals surface area (Å²) < 4.78 is 34.9. The van der Waals surface area contributed by atoms with Crippen molar-refractivity contribution in [3.8, 4) is 28.2 Å². The zero-order valence-corrected chi connectivity index (χ0v) is 20.2. The molecule has 9 heteroatoms. The highest BCUT2D eigenvalue weighted by Gasteiger charge is 2.33. The van der Waals surface area contributed by atoms with E-state index < -0.39 is 9.84 Å². The molecule has 0 fully saturated rings. The summed E-state index contributed by atoms with van der Waals surface area (Å²) >= 11 is 12.2. The molecule has 0 spiro atoms. The molecule has 4 aromatic rings. The third kappa shape index (κ3) is 4.46. The van der Waals surface area contributed by atoms with E-state index in [1.165, 1.54) is 0 Å². The summed E-state index contributed by atoms with van der Waals surface area (Å²) in [6.45, 7) is 0.824. The maximum absolute atomic E-state index is 13.9. The first kappa shape index (κ1) is 22.7. The Hall–Kier alpha value is -3.13. The first-order valence-electron chi connectivity index (χ1n) is 10.5. The number of nitrogens with zero attached hydrogens (tertiary/aromatic N) is 3. The summed E-state index contributed by atoms with van der Waals surface area (Å²) in [5, 5.41) is 5.89. The van der Waals surface area contributed by atoms with Crippen molar-refractivity contribution >= 4 is 38.9 Å². The zero-order valence-electron chi connectivity index (χ0n) is 17.9. The summed E-state index contributed by atoms with van der Waals surface area (Å²) in [6, 6.07) is 23.3. The van der Waals surface area contributed by atoms with Crippen molar-refractivity contribution in [2.75, 3.05) is 18.9 Å². The minimum Gasteiger partial charge on any atom is -0.478 e. The van der Waals surface area contributed by atoms with Crippen LogP contribution in [0.1, 0.15) is 0 Å². The van der Waals surface area contributed by atoms with Gasteiger partial charge in [0.1, 0.15) is 22.9 Å². The number of sulfone groups is 1. The van der Waals surface area contributed by atoms with Gasteiger partial charge in [0.15, 0.2) is 15.7 Å². The van der Waals surface area contributed by atoms with Crippen LogP contribution in [-0.2, 0) is 14.6 Å². The smallest absolute Gasteiger partial charge is 0.199 e. The van der Waals surface area contributed by atoms with Crippen LogP contribution >= 0.6 is 23.2 Å². The van der Waals surface area contributed by atoms with E-state index in [0.29, 0.717) is 45.7 Å². The number of aromatic nitrogens is 2. The maximum Gasteiger partial charge on any atom is 0.199 e. The molecule has 1 aromatic heterocycles. The number of hydrogen-bond donors (Lipinski definition) is 0. The lowest BCUT2D eigenvalue weighted by Gasteiger charge is -2.11. The van der Waals surface area contributed by atoms with Gasteiger partial charge in [0.05, 0.1) is 17.9 Å². The monoisotopic (exact) mass is 511 g/mol. The quantitative estimate of drug-likeness (QED) is 0.332. The van der Waals surface area contributed by atoms with E-state index in [0.717, 1.165) is 5.69 Å². The van der Waals surface area contributed by atoms with Crippen LogP contribution in [-0.4, -0.2) is 43.0 Å². The van der Waals surface area contributed by atoms with Crippen LogP contribution in [0.5, 0.6) is 0 Å². The zero-order chi connectivity index (χ0) is 23.7. The molecule has 0 saturated heterocycles. The van der Waals surface area contributed by atoms with Crippen molar-refractivity contribution < 1.29 is 13.2 Å². The average molecular weight is 512 g/mol. The van der Waals surface area contributed by atoms with Gasteiger partial charge >= 0.3 is 0 Å². The van der Waals surface area contributed by atoms with Gasteiger partial charge < -0.3 is 4.74 Å². The van der Waals surface area contributed by atoms with Crippen LogP contribution in [0, 0.1) is 0 Å². The fourth-order valence-electron chi connectivity index (χ4n) is 3.81. The average Bonchev–Trinajstić information content (AvgIpc) is 3.49. The van der Waals surface area contributed by atoms with Crippen LogP contribution in [0.25, 0.3) is 28.2 Å². The summed E-state index contributed by atoms with van der Waals surface area (Å²) in [5.74, 6) is -0.147. The Bertz CT molecular complexity index is 1460. The molecule has 0 radical (unpaired) electrons. The van der Waals surface area contributed by atoms with Crippen molar-refractivity contribution in [2.24, 2.45) is 4.99 Å². The molecule has 0 unspecified atom stereocenters. The molecule has 1 aliphatic heterocycles. The number of para-hydroxylation sites is 1. The van der Waals surface area contributed by atoms with Crippen LogP contribution in [0.3, 0.4) is 0 Å². The molecule has 3 aromatic carbocycles. The van der Waals surface area contributed by atoms with Gasteiger partial charge in [-0.2, -0.15) is 5.10 Å². The van der Waals surface area contributed by atoms with Crippen molar-refractivity contribution in [2.45, 2.75) is 4.90 Å². The predicted molar refractivity (Wildman–Crippen MR) is 135 cm³/mol. The highest BCUT2D eigenvalue weighted by Crippen LogP contribution is 2.39. The van der Waals surface area contributed by atoms with E-state index in [4.69, 9.17) is 33.0 Å². The minimum atomic E-state index is -3.91. The molecular formula is C25H19Cl2N3O3S. The predicted octanol–water partition coefficient (Wildman–Crippen LogP) is 5.72. The molecule has 0 saturated carbocycles. The third-order valence-electron chi connectivity index (χ3n) is 5.35. The van der Waals surface area contributed by atoms with Gasteiger partial charge in [0, 0.05) is 21.2 Å². The topological polar surface area (TPSA) is 73.6 Å². The first-order chi connectivity index (χ1) is 16.4. The Balaban J connectivity index is 1.82. The molecule has 0 N–H and O–H groups in total. The molecule has 0 bridgehead atoms. The molecule has 172 valence electrons. The second-order valence-electron chi connectivity index (χ2n) is 7.67. The largest absolute Gasteiger partial charge is 0.478 e. The van der Waals surface area contributed by atoms with Gasteiger partial charge in [-0.25, -0.2) is 13.1 Å². The fourth-order valence-corrected chi connectivity index (χ4v) is 5.66. The SMILES string of the molecule is O=S(=O)(CC1=NCCO1)c1c(-c2ccc(Cl)cc2)nn(-c2ccccc2)c1-c1ccc(Cl)cc1. The Morgan fingerprint density at radius 3 is 2.06 bits per heavy atom. The minimum absolute atomic E-state index is 0.0965. The lowest BCUT2D eigenvalue weighted by Crippen LogP contribution is -2.17. The van der Waals surface area contributed by atoms with Crippen LogP contribution in [0.15, 0.2) is 88.8 Å². The lowest BCUT2D eigenvalue weighted by atomic mass is 10.1. The Morgan fingerprint density at radius 1 is 0.853 bits per heavy atom. The summed E-state index contributed by atoms with van der Waals surface area (Å²) in [4.78, 5) is 4.29. The number of ether oxygens (including phenoxy) is 1. The van der Waals surface area contributed by atoms with Gasteiger partial charge in [0.2, 0.25) is 0 Å². The van der Waals surface area contributed by atoms with Crippen LogP contribution in [0.4, 0.5) is 0 Å². The first-order valence-corrected chi connectivity index (χ1v) is 12.9. The molecule has 2 heterocycles. The normalized spacial score (nSPS) is 13.5. The molecule has 0 amide bonds. The number of hydrogen-bond acceptors (Lipinski definition) is 5. The van der Waals surface area contributed by atoms with Gasteiger partial charge in [-0.15, -0.1) is 0 Å². The van der Waals surface area contributed by atoms with E-state index in [-0.39, 0.29) is 16.5 Å². The summed E-state index contributed by atoms with van der Waals surface area (Å²) in [5.41, 5.74) is 2.77. The molecule has 34 heavy (non-hydrogen) atoms. The molecule has 5 rings (SSSR count). The third-order valence-corrected chi connectivity index (χ3v) is 7.49. The molecular weight excluding hydrogens is 493 g/mol. The Kier molecular flexibility index (Phi) is 6.16. The van der Waals surface area contributed by atoms with Crippen LogP contribution in [0.2, 0.25) is 10.0 Å². The van der Waals surface area contributed by atoms with E-state index in [1.807, 2.05) is 30.3 Å². The number of halogens is 2. The second kappa shape index (κ2) is 9.25.